The SMILES string of the molecule is CC[C@H](C)[C@@H](C(=O)Nc1nccs1)N1C(=O)c2ccccc2C1=O. The fourth-order valence-electron chi connectivity index (χ4n) is 2.78. The van der Waals surface area contributed by atoms with Crippen LogP contribution in [0.4, 0.5) is 5.13 Å². The molecule has 7 heteroatoms. The normalized spacial score (nSPS) is 16.0. The number of nitrogens with one attached hydrogen (secondary N) is 1. The summed E-state index contributed by atoms with van der Waals surface area (Å²) >= 11 is 1.29. The van der Waals surface area contributed by atoms with Gasteiger partial charge in [-0.05, 0) is 18.1 Å². The molecular weight excluding hydrogens is 326 g/mol. The van der Waals surface area contributed by atoms with Gasteiger partial charge in [-0.1, -0.05) is 32.4 Å². The molecule has 2 atom stereocenters. The summed E-state index contributed by atoms with van der Waals surface area (Å²) in [7, 11) is 0. The molecule has 0 unspecified atom stereocenters. The van der Waals surface area contributed by atoms with E-state index in [-0.39, 0.29) is 5.92 Å². The number of carbonyl (C=O) groups excluding carboxylic acids is 3. The van der Waals surface area contributed by atoms with Crippen LogP contribution in [0, 0.1) is 5.92 Å². The Morgan fingerprint density at radius 1 is 1.25 bits per heavy atom. The second-order valence-electron chi connectivity index (χ2n) is 5.68. The topological polar surface area (TPSA) is 79.4 Å². The van der Waals surface area contributed by atoms with Crippen molar-refractivity contribution in [1.29, 1.82) is 0 Å². The van der Waals surface area contributed by atoms with Crippen LogP contribution in [0.2, 0.25) is 0 Å². The lowest BCUT2D eigenvalue weighted by Crippen LogP contribution is -2.50. The minimum absolute atomic E-state index is 0.174. The molecule has 6 nitrogen and oxygen atoms in total. The number of carbonyl (C=O) groups is 3. The highest BCUT2D eigenvalue weighted by Gasteiger charge is 2.44. The largest absolute Gasteiger partial charge is 0.300 e. The van der Waals surface area contributed by atoms with Crippen molar-refractivity contribution in [1.82, 2.24) is 9.88 Å². The van der Waals surface area contributed by atoms with Gasteiger partial charge in [-0.2, -0.15) is 0 Å². The Labute approximate surface area is 143 Å². The predicted octanol–water partition coefficient (Wildman–Crippen LogP) is 2.79. The van der Waals surface area contributed by atoms with Gasteiger partial charge in [0.2, 0.25) is 5.91 Å². The van der Waals surface area contributed by atoms with Gasteiger partial charge in [0.05, 0.1) is 11.1 Å². The van der Waals surface area contributed by atoms with E-state index >= 15 is 0 Å². The van der Waals surface area contributed by atoms with Crippen molar-refractivity contribution >= 4 is 34.2 Å². The van der Waals surface area contributed by atoms with Gasteiger partial charge in [0, 0.05) is 11.6 Å². The van der Waals surface area contributed by atoms with Crippen LogP contribution in [0.1, 0.15) is 41.0 Å². The minimum Gasteiger partial charge on any atom is -0.300 e. The van der Waals surface area contributed by atoms with Crippen LogP contribution in [0.3, 0.4) is 0 Å². The van der Waals surface area contributed by atoms with E-state index in [1.54, 1.807) is 35.8 Å². The number of benzene rings is 1. The van der Waals surface area contributed by atoms with E-state index in [4.69, 9.17) is 0 Å². The van der Waals surface area contributed by atoms with Crippen LogP contribution in [0.25, 0.3) is 0 Å². The van der Waals surface area contributed by atoms with Gasteiger partial charge in [0.15, 0.2) is 5.13 Å². The summed E-state index contributed by atoms with van der Waals surface area (Å²) in [4.78, 5) is 43.2. The quantitative estimate of drug-likeness (QED) is 0.847. The number of amides is 3. The van der Waals surface area contributed by atoms with E-state index in [0.717, 1.165) is 4.90 Å². The van der Waals surface area contributed by atoms with Crippen molar-refractivity contribution in [2.24, 2.45) is 5.92 Å². The van der Waals surface area contributed by atoms with E-state index in [0.29, 0.717) is 22.7 Å². The van der Waals surface area contributed by atoms with Crippen LogP contribution < -0.4 is 5.32 Å². The van der Waals surface area contributed by atoms with Crippen molar-refractivity contribution in [2.75, 3.05) is 5.32 Å². The molecule has 0 spiro atoms. The number of thiazole rings is 1. The zero-order chi connectivity index (χ0) is 17.3. The molecule has 1 aromatic carbocycles. The molecule has 0 bridgehead atoms. The van der Waals surface area contributed by atoms with Gasteiger partial charge < -0.3 is 5.32 Å². The van der Waals surface area contributed by atoms with E-state index in [2.05, 4.69) is 10.3 Å². The lowest BCUT2D eigenvalue weighted by atomic mass is 9.96. The average Bonchev–Trinajstić information content (AvgIpc) is 3.18. The summed E-state index contributed by atoms with van der Waals surface area (Å²) in [5.41, 5.74) is 0.690. The fraction of sp³-hybridized carbons (Fsp3) is 0.294. The molecule has 24 heavy (non-hydrogen) atoms. The highest BCUT2D eigenvalue weighted by atomic mass is 32.1. The Kier molecular flexibility index (Phi) is 4.44. The molecular formula is C17H17N3O3S. The van der Waals surface area contributed by atoms with Gasteiger partial charge >= 0.3 is 0 Å². The van der Waals surface area contributed by atoms with Crippen molar-refractivity contribution < 1.29 is 14.4 Å². The summed E-state index contributed by atoms with van der Waals surface area (Å²) in [6.07, 6.45) is 2.24. The molecule has 0 saturated carbocycles. The lowest BCUT2D eigenvalue weighted by Gasteiger charge is -2.29. The first-order valence-corrected chi connectivity index (χ1v) is 8.59. The zero-order valence-electron chi connectivity index (χ0n) is 13.4. The van der Waals surface area contributed by atoms with E-state index in [9.17, 15) is 14.4 Å². The Morgan fingerprint density at radius 3 is 2.38 bits per heavy atom. The Hall–Kier alpha value is -2.54. The summed E-state index contributed by atoms with van der Waals surface area (Å²) in [5.74, 6) is -1.41. The van der Waals surface area contributed by atoms with Crippen LogP contribution in [0.5, 0.6) is 0 Å². The lowest BCUT2D eigenvalue weighted by molar-refractivity contribution is -0.121. The first-order chi connectivity index (χ1) is 11.5. The third-order valence-corrected chi connectivity index (χ3v) is 4.91. The second-order valence-corrected chi connectivity index (χ2v) is 6.58. The van der Waals surface area contributed by atoms with Crippen LogP contribution in [-0.2, 0) is 4.79 Å². The molecule has 3 amide bonds. The zero-order valence-corrected chi connectivity index (χ0v) is 14.2. The number of rotatable bonds is 5. The number of nitrogens with zero attached hydrogens (tertiary/aromatic N) is 2. The van der Waals surface area contributed by atoms with E-state index < -0.39 is 23.8 Å². The molecule has 2 aromatic rings. The summed E-state index contributed by atoms with van der Waals surface area (Å²) in [5, 5.41) is 4.90. The maximum absolute atomic E-state index is 12.7. The smallest absolute Gasteiger partial charge is 0.262 e. The Balaban J connectivity index is 1.94. The number of anilines is 1. The van der Waals surface area contributed by atoms with Crippen molar-refractivity contribution in [3.05, 3.63) is 47.0 Å². The molecule has 1 aliphatic rings. The van der Waals surface area contributed by atoms with Gasteiger partial charge in [-0.3, -0.25) is 19.3 Å². The second kappa shape index (κ2) is 6.52. The summed E-state index contributed by atoms with van der Waals surface area (Å²) in [6.45, 7) is 3.78. The standard InChI is InChI=1S/C17H17N3O3S/c1-3-10(2)13(14(21)19-17-18-8-9-24-17)20-15(22)11-6-4-5-7-12(11)16(20)23/h4-10,13H,3H2,1-2H3,(H,18,19,21)/t10-,13-/m0/s1. The third-order valence-electron chi connectivity index (χ3n) is 4.22. The third kappa shape index (κ3) is 2.71. The molecule has 1 N–H and O–H groups in total. The van der Waals surface area contributed by atoms with Gasteiger partial charge in [0.25, 0.3) is 11.8 Å². The van der Waals surface area contributed by atoms with Crippen LogP contribution in [-0.4, -0.2) is 33.6 Å². The monoisotopic (exact) mass is 343 g/mol. The number of imide groups is 1. The van der Waals surface area contributed by atoms with Gasteiger partial charge in [0.1, 0.15) is 6.04 Å². The van der Waals surface area contributed by atoms with Gasteiger partial charge in [-0.25, -0.2) is 4.98 Å². The number of hydrogen-bond acceptors (Lipinski definition) is 5. The van der Waals surface area contributed by atoms with Crippen molar-refractivity contribution in [3.63, 3.8) is 0 Å². The summed E-state index contributed by atoms with van der Waals surface area (Å²) < 4.78 is 0. The first kappa shape index (κ1) is 16.3. The molecule has 0 radical (unpaired) electrons. The maximum atomic E-state index is 12.7. The predicted molar refractivity (Wildman–Crippen MR) is 90.9 cm³/mol. The molecule has 0 fully saturated rings. The minimum atomic E-state index is -0.869. The molecule has 2 heterocycles. The maximum Gasteiger partial charge on any atom is 0.262 e. The molecule has 124 valence electrons. The molecule has 1 aliphatic heterocycles. The number of hydrogen-bond donors (Lipinski definition) is 1. The number of aromatic nitrogens is 1. The molecule has 0 saturated heterocycles. The van der Waals surface area contributed by atoms with Gasteiger partial charge in [-0.15, -0.1) is 11.3 Å². The highest BCUT2D eigenvalue weighted by molar-refractivity contribution is 7.13. The molecule has 1 aromatic heterocycles. The average molecular weight is 343 g/mol. The van der Waals surface area contributed by atoms with Crippen molar-refractivity contribution in [3.8, 4) is 0 Å². The molecule has 0 aliphatic carbocycles. The Bertz CT molecular complexity index is 753. The summed E-state index contributed by atoms with van der Waals surface area (Å²) in [6, 6.07) is 5.78. The first-order valence-electron chi connectivity index (χ1n) is 7.71. The van der Waals surface area contributed by atoms with E-state index in [1.807, 2.05) is 13.8 Å². The fourth-order valence-corrected chi connectivity index (χ4v) is 3.31. The molecule has 3 rings (SSSR count). The van der Waals surface area contributed by atoms with Crippen LogP contribution in [0.15, 0.2) is 35.8 Å². The Morgan fingerprint density at radius 2 is 1.88 bits per heavy atom. The highest BCUT2D eigenvalue weighted by Crippen LogP contribution is 2.29. The number of fused-ring (bicyclic) bond motifs is 1. The van der Waals surface area contributed by atoms with Crippen LogP contribution >= 0.6 is 11.3 Å². The van der Waals surface area contributed by atoms with E-state index in [1.165, 1.54) is 11.3 Å². The van der Waals surface area contributed by atoms with Crippen molar-refractivity contribution in [2.45, 2.75) is 26.3 Å².